The molecule has 1 aromatic heterocycles. The van der Waals surface area contributed by atoms with Crippen LogP contribution in [0.15, 0.2) is 59.4 Å². The van der Waals surface area contributed by atoms with Gasteiger partial charge in [-0.1, -0.05) is 26.0 Å². The number of aromatic nitrogens is 2. The standard InChI is InChI=1S/C26H30N4O4/c1-18(2)19-5-7-21(8-6-19)30-25(31)10-9-24(27-30)28-11-13-29(14-12-28)26(32)20-15-22(33-3)17-23(16-20)34-4/h5-10,15-18H,11-14H2,1-4H3. The molecule has 0 radical (unpaired) electrons. The van der Waals surface area contributed by atoms with E-state index >= 15 is 0 Å². The number of piperazine rings is 1. The molecule has 1 saturated heterocycles. The topological polar surface area (TPSA) is 76.9 Å². The Morgan fingerprint density at radius 3 is 2.06 bits per heavy atom. The monoisotopic (exact) mass is 462 g/mol. The lowest BCUT2D eigenvalue weighted by atomic mass is 10.0. The number of methoxy groups -OCH3 is 2. The fourth-order valence-electron chi connectivity index (χ4n) is 4.01. The number of anilines is 1. The highest BCUT2D eigenvalue weighted by atomic mass is 16.5. The van der Waals surface area contributed by atoms with Crippen molar-refractivity contribution < 1.29 is 14.3 Å². The first-order chi connectivity index (χ1) is 16.4. The summed E-state index contributed by atoms with van der Waals surface area (Å²) in [5.74, 6) is 2.22. The number of rotatable bonds is 6. The molecule has 2 aromatic carbocycles. The Bertz CT molecular complexity index is 1190. The van der Waals surface area contributed by atoms with Crippen LogP contribution in [0.25, 0.3) is 5.69 Å². The summed E-state index contributed by atoms with van der Waals surface area (Å²) in [6, 6.07) is 16.4. The zero-order valence-corrected chi connectivity index (χ0v) is 20.0. The molecule has 8 nitrogen and oxygen atoms in total. The lowest BCUT2D eigenvalue weighted by molar-refractivity contribution is 0.0745. The molecular formula is C26H30N4O4. The zero-order chi connectivity index (χ0) is 24.2. The molecule has 1 amide bonds. The van der Waals surface area contributed by atoms with Crippen LogP contribution in [0, 0.1) is 0 Å². The van der Waals surface area contributed by atoms with E-state index in [9.17, 15) is 9.59 Å². The SMILES string of the molecule is COc1cc(OC)cc(C(=O)N2CCN(c3ccc(=O)n(-c4ccc(C(C)C)cc4)n3)CC2)c1. The second-order valence-electron chi connectivity index (χ2n) is 8.57. The Morgan fingerprint density at radius 2 is 1.50 bits per heavy atom. The van der Waals surface area contributed by atoms with Crippen molar-refractivity contribution in [2.24, 2.45) is 0 Å². The van der Waals surface area contributed by atoms with Crippen LogP contribution in [0.5, 0.6) is 11.5 Å². The summed E-state index contributed by atoms with van der Waals surface area (Å²) in [5.41, 5.74) is 2.29. The van der Waals surface area contributed by atoms with Gasteiger partial charge in [0.05, 0.1) is 19.9 Å². The number of carbonyl (C=O) groups excluding carboxylic acids is 1. The van der Waals surface area contributed by atoms with Crippen LogP contribution in [0.4, 0.5) is 5.82 Å². The first-order valence-corrected chi connectivity index (χ1v) is 11.4. The van der Waals surface area contributed by atoms with Crippen molar-refractivity contribution in [1.82, 2.24) is 14.7 Å². The predicted molar refractivity (Wildman–Crippen MR) is 132 cm³/mol. The Kier molecular flexibility index (Phi) is 6.86. The molecule has 178 valence electrons. The number of ether oxygens (including phenoxy) is 2. The molecule has 4 rings (SSSR count). The second kappa shape index (κ2) is 9.99. The van der Waals surface area contributed by atoms with Crippen LogP contribution in [0.2, 0.25) is 0 Å². The molecular weight excluding hydrogens is 432 g/mol. The number of hydrogen-bond donors (Lipinski definition) is 0. The van der Waals surface area contributed by atoms with E-state index < -0.39 is 0 Å². The minimum atomic E-state index is -0.179. The largest absolute Gasteiger partial charge is 0.497 e. The third-order valence-corrected chi connectivity index (χ3v) is 6.08. The van der Waals surface area contributed by atoms with E-state index in [1.54, 1.807) is 44.6 Å². The fourth-order valence-corrected chi connectivity index (χ4v) is 4.01. The first-order valence-electron chi connectivity index (χ1n) is 11.4. The maximum atomic E-state index is 13.1. The normalized spacial score (nSPS) is 13.8. The molecule has 0 unspecified atom stereocenters. The van der Waals surface area contributed by atoms with Gasteiger partial charge in [0, 0.05) is 43.9 Å². The van der Waals surface area contributed by atoms with Gasteiger partial charge in [0.25, 0.3) is 11.5 Å². The van der Waals surface area contributed by atoms with Crippen molar-refractivity contribution in [2.75, 3.05) is 45.3 Å². The first kappa shape index (κ1) is 23.4. The molecule has 0 atom stereocenters. The Balaban J connectivity index is 1.48. The predicted octanol–water partition coefficient (Wildman–Crippen LogP) is 3.34. The van der Waals surface area contributed by atoms with Gasteiger partial charge in [0.15, 0.2) is 0 Å². The molecule has 2 heterocycles. The molecule has 0 spiro atoms. The summed E-state index contributed by atoms with van der Waals surface area (Å²) in [6.07, 6.45) is 0. The Morgan fingerprint density at radius 1 is 0.882 bits per heavy atom. The van der Waals surface area contributed by atoms with Gasteiger partial charge in [-0.25, -0.2) is 0 Å². The van der Waals surface area contributed by atoms with Crippen LogP contribution in [-0.4, -0.2) is 61.0 Å². The van der Waals surface area contributed by atoms with Crippen molar-refractivity contribution in [2.45, 2.75) is 19.8 Å². The average Bonchev–Trinajstić information content (AvgIpc) is 2.88. The van der Waals surface area contributed by atoms with Crippen molar-refractivity contribution in [3.63, 3.8) is 0 Å². The minimum absolute atomic E-state index is 0.0694. The minimum Gasteiger partial charge on any atom is -0.497 e. The average molecular weight is 463 g/mol. The van der Waals surface area contributed by atoms with Crippen LogP contribution < -0.4 is 19.9 Å². The molecule has 3 aromatic rings. The van der Waals surface area contributed by atoms with Crippen molar-refractivity contribution in [3.05, 3.63) is 76.1 Å². The fraction of sp³-hybridized carbons (Fsp3) is 0.346. The van der Waals surface area contributed by atoms with E-state index in [2.05, 4.69) is 23.8 Å². The molecule has 0 saturated carbocycles. The summed E-state index contributed by atoms with van der Waals surface area (Å²) >= 11 is 0. The lowest BCUT2D eigenvalue weighted by Gasteiger charge is -2.35. The molecule has 1 fully saturated rings. The van der Waals surface area contributed by atoms with Crippen molar-refractivity contribution in [3.8, 4) is 17.2 Å². The van der Waals surface area contributed by atoms with Crippen LogP contribution in [-0.2, 0) is 0 Å². The van der Waals surface area contributed by atoms with E-state index in [4.69, 9.17) is 9.47 Å². The summed E-state index contributed by atoms with van der Waals surface area (Å²) < 4.78 is 12.0. The molecule has 0 bridgehead atoms. The summed E-state index contributed by atoms with van der Waals surface area (Å²) in [7, 11) is 3.12. The van der Waals surface area contributed by atoms with Gasteiger partial charge in [0.2, 0.25) is 0 Å². The molecule has 0 N–H and O–H groups in total. The maximum Gasteiger partial charge on any atom is 0.271 e. The van der Waals surface area contributed by atoms with Crippen LogP contribution >= 0.6 is 0 Å². The second-order valence-corrected chi connectivity index (χ2v) is 8.57. The quantitative estimate of drug-likeness (QED) is 0.559. The van der Waals surface area contributed by atoms with Gasteiger partial charge in [-0.15, -0.1) is 5.10 Å². The third-order valence-electron chi connectivity index (χ3n) is 6.08. The molecule has 34 heavy (non-hydrogen) atoms. The van der Waals surface area contributed by atoms with E-state index in [-0.39, 0.29) is 11.5 Å². The third kappa shape index (κ3) is 4.90. The number of hydrogen-bond acceptors (Lipinski definition) is 6. The Hall–Kier alpha value is -3.81. The summed E-state index contributed by atoms with van der Waals surface area (Å²) in [4.78, 5) is 29.5. The summed E-state index contributed by atoms with van der Waals surface area (Å²) in [6.45, 7) is 6.59. The lowest BCUT2D eigenvalue weighted by Crippen LogP contribution is -2.49. The zero-order valence-electron chi connectivity index (χ0n) is 20.0. The van der Waals surface area contributed by atoms with Crippen molar-refractivity contribution >= 4 is 11.7 Å². The molecule has 1 aliphatic heterocycles. The number of carbonyl (C=O) groups is 1. The van der Waals surface area contributed by atoms with E-state index in [1.165, 1.54) is 10.2 Å². The Labute approximate surface area is 199 Å². The molecule has 1 aliphatic rings. The van der Waals surface area contributed by atoms with Crippen molar-refractivity contribution in [1.29, 1.82) is 0 Å². The maximum absolute atomic E-state index is 13.1. The highest BCUT2D eigenvalue weighted by Crippen LogP contribution is 2.24. The van der Waals surface area contributed by atoms with E-state index in [0.29, 0.717) is 55.0 Å². The summed E-state index contributed by atoms with van der Waals surface area (Å²) in [5, 5.41) is 4.61. The van der Waals surface area contributed by atoms with Gasteiger partial charge in [-0.05, 0) is 41.8 Å². The highest BCUT2D eigenvalue weighted by Gasteiger charge is 2.24. The highest BCUT2D eigenvalue weighted by molar-refractivity contribution is 5.95. The molecule has 0 aliphatic carbocycles. The smallest absolute Gasteiger partial charge is 0.271 e. The number of amides is 1. The van der Waals surface area contributed by atoms with Crippen LogP contribution in [0.1, 0.15) is 35.7 Å². The number of benzene rings is 2. The van der Waals surface area contributed by atoms with Gasteiger partial charge in [0.1, 0.15) is 17.3 Å². The number of nitrogens with zero attached hydrogens (tertiary/aromatic N) is 4. The van der Waals surface area contributed by atoms with Gasteiger partial charge in [-0.2, -0.15) is 4.68 Å². The van der Waals surface area contributed by atoms with Gasteiger partial charge >= 0.3 is 0 Å². The van der Waals surface area contributed by atoms with Crippen LogP contribution in [0.3, 0.4) is 0 Å². The van der Waals surface area contributed by atoms with E-state index in [1.807, 2.05) is 29.2 Å². The van der Waals surface area contributed by atoms with Gasteiger partial charge in [-0.3, -0.25) is 9.59 Å². The van der Waals surface area contributed by atoms with E-state index in [0.717, 1.165) is 5.69 Å². The molecule has 8 heteroatoms. The van der Waals surface area contributed by atoms with Gasteiger partial charge < -0.3 is 19.3 Å².